The Morgan fingerprint density at radius 1 is 1.03 bits per heavy atom. The summed E-state index contributed by atoms with van der Waals surface area (Å²) in [6.45, 7) is 5.57. The van der Waals surface area contributed by atoms with Gasteiger partial charge in [-0.25, -0.2) is 8.42 Å². The Bertz CT molecular complexity index is 1040. The van der Waals surface area contributed by atoms with Crippen LogP contribution in [0.25, 0.3) is 0 Å². The Morgan fingerprint density at radius 2 is 1.72 bits per heavy atom. The minimum atomic E-state index is -3.63. The van der Waals surface area contributed by atoms with Crippen molar-refractivity contribution in [2.24, 2.45) is 11.8 Å². The maximum absolute atomic E-state index is 13.1. The van der Waals surface area contributed by atoms with Crippen LogP contribution in [-0.2, 0) is 16.4 Å². The lowest BCUT2D eigenvalue weighted by molar-refractivity contribution is 0.0954. The molecular formula is C24H32N2O5S. The highest BCUT2D eigenvalue weighted by molar-refractivity contribution is 7.89. The van der Waals surface area contributed by atoms with Crippen molar-refractivity contribution in [3.63, 3.8) is 0 Å². The maximum Gasteiger partial charge on any atom is 0.251 e. The number of sulfonamides is 1. The molecule has 1 fully saturated rings. The van der Waals surface area contributed by atoms with Crippen LogP contribution in [0.1, 0.15) is 36.2 Å². The van der Waals surface area contributed by atoms with Gasteiger partial charge in [-0.1, -0.05) is 26.0 Å². The highest BCUT2D eigenvalue weighted by Crippen LogP contribution is 2.28. The molecule has 2 aromatic rings. The van der Waals surface area contributed by atoms with Crippen molar-refractivity contribution in [3.8, 4) is 11.5 Å². The van der Waals surface area contributed by atoms with E-state index in [4.69, 9.17) is 9.47 Å². The lowest BCUT2D eigenvalue weighted by Crippen LogP contribution is -2.42. The molecule has 1 N–H and O–H groups in total. The summed E-state index contributed by atoms with van der Waals surface area (Å²) in [6, 6.07) is 11.9. The van der Waals surface area contributed by atoms with Crippen molar-refractivity contribution in [1.82, 2.24) is 9.62 Å². The Balaban J connectivity index is 1.65. The number of nitrogens with zero attached hydrogens (tertiary/aromatic N) is 1. The van der Waals surface area contributed by atoms with E-state index in [0.717, 1.165) is 12.0 Å². The number of benzene rings is 2. The monoisotopic (exact) mass is 460 g/mol. The maximum atomic E-state index is 13.1. The second-order valence-electron chi connectivity index (χ2n) is 8.49. The average molecular weight is 461 g/mol. The first kappa shape index (κ1) is 24.1. The van der Waals surface area contributed by atoms with Crippen molar-refractivity contribution in [2.45, 2.75) is 31.6 Å². The van der Waals surface area contributed by atoms with Crippen molar-refractivity contribution >= 4 is 15.9 Å². The molecule has 0 saturated carbocycles. The molecule has 3 rings (SSSR count). The van der Waals surface area contributed by atoms with Gasteiger partial charge in [0.05, 0.1) is 19.1 Å². The second-order valence-corrected chi connectivity index (χ2v) is 10.4. The van der Waals surface area contributed by atoms with Crippen LogP contribution in [0.5, 0.6) is 11.5 Å². The van der Waals surface area contributed by atoms with Crippen LogP contribution in [0.2, 0.25) is 0 Å². The first-order valence-corrected chi connectivity index (χ1v) is 12.3. The van der Waals surface area contributed by atoms with Crippen molar-refractivity contribution < 1.29 is 22.7 Å². The molecule has 0 aliphatic carbocycles. The highest BCUT2D eigenvalue weighted by atomic mass is 32.2. The molecular weight excluding hydrogens is 428 g/mol. The summed E-state index contributed by atoms with van der Waals surface area (Å²) in [7, 11) is -0.473. The third-order valence-corrected chi connectivity index (χ3v) is 7.54. The first-order chi connectivity index (χ1) is 15.2. The highest BCUT2D eigenvalue weighted by Gasteiger charge is 2.31. The average Bonchev–Trinajstić information content (AvgIpc) is 2.78. The van der Waals surface area contributed by atoms with Gasteiger partial charge in [-0.2, -0.15) is 4.31 Å². The van der Waals surface area contributed by atoms with Gasteiger partial charge in [-0.05, 0) is 60.6 Å². The largest absolute Gasteiger partial charge is 0.493 e. The molecule has 1 amide bonds. The van der Waals surface area contributed by atoms with Crippen LogP contribution in [-0.4, -0.2) is 52.5 Å². The van der Waals surface area contributed by atoms with Crippen LogP contribution < -0.4 is 14.8 Å². The van der Waals surface area contributed by atoms with Gasteiger partial charge in [0.2, 0.25) is 10.0 Å². The summed E-state index contributed by atoms with van der Waals surface area (Å²) >= 11 is 0. The lowest BCUT2D eigenvalue weighted by Gasteiger charge is -2.34. The number of piperidine rings is 1. The van der Waals surface area contributed by atoms with Gasteiger partial charge in [0.1, 0.15) is 0 Å². The third-order valence-electron chi connectivity index (χ3n) is 5.72. The van der Waals surface area contributed by atoms with E-state index in [9.17, 15) is 13.2 Å². The molecule has 2 unspecified atom stereocenters. The van der Waals surface area contributed by atoms with E-state index < -0.39 is 10.0 Å². The van der Waals surface area contributed by atoms with Gasteiger partial charge < -0.3 is 14.8 Å². The van der Waals surface area contributed by atoms with Gasteiger partial charge in [-0.3, -0.25) is 4.79 Å². The summed E-state index contributed by atoms with van der Waals surface area (Å²) in [5, 5.41) is 2.87. The van der Waals surface area contributed by atoms with Crippen LogP contribution in [0.15, 0.2) is 47.4 Å². The molecule has 174 valence electrons. The quantitative estimate of drug-likeness (QED) is 0.653. The van der Waals surface area contributed by atoms with E-state index in [2.05, 4.69) is 19.2 Å². The first-order valence-electron chi connectivity index (χ1n) is 10.8. The topological polar surface area (TPSA) is 84.9 Å². The summed E-state index contributed by atoms with van der Waals surface area (Å²) < 4.78 is 38.4. The molecule has 1 aliphatic rings. The number of ether oxygens (including phenoxy) is 2. The van der Waals surface area contributed by atoms with E-state index in [1.165, 1.54) is 6.07 Å². The molecule has 0 bridgehead atoms. The number of rotatable bonds is 8. The molecule has 2 atom stereocenters. The van der Waals surface area contributed by atoms with Crippen molar-refractivity contribution in [3.05, 3.63) is 53.6 Å². The molecule has 8 heteroatoms. The van der Waals surface area contributed by atoms with Gasteiger partial charge in [0.25, 0.3) is 5.91 Å². The lowest BCUT2D eigenvalue weighted by atomic mass is 9.94. The summed E-state index contributed by atoms with van der Waals surface area (Å²) in [5.74, 6) is 1.61. The normalized spacial score (nSPS) is 19.4. The van der Waals surface area contributed by atoms with Gasteiger partial charge in [0.15, 0.2) is 11.5 Å². The van der Waals surface area contributed by atoms with E-state index in [-0.39, 0.29) is 10.8 Å². The second kappa shape index (κ2) is 10.4. The molecule has 1 heterocycles. The number of carbonyl (C=O) groups is 1. The molecule has 0 radical (unpaired) electrons. The fourth-order valence-electron chi connectivity index (χ4n) is 4.21. The van der Waals surface area contributed by atoms with E-state index in [1.54, 1.807) is 36.7 Å². The number of amides is 1. The van der Waals surface area contributed by atoms with E-state index in [0.29, 0.717) is 55.0 Å². The minimum absolute atomic E-state index is 0.159. The molecule has 0 aromatic heterocycles. The van der Waals surface area contributed by atoms with Crippen LogP contribution in [0.3, 0.4) is 0 Å². The number of hydrogen-bond acceptors (Lipinski definition) is 5. The SMILES string of the molecule is COc1ccc(CCNC(=O)c2cccc(S(=O)(=O)N3CC(C)CC(C)C3)c2)cc1OC. The number of hydrogen-bond donors (Lipinski definition) is 1. The standard InChI is InChI=1S/C24H32N2O5S/c1-17-12-18(2)16-26(15-17)32(28,29)21-7-5-6-20(14-21)24(27)25-11-10-19-8-9-22(30-3)23(13-19)31-4/h5-9,13-14,17-18H,10-12,15-16H2,1-4H3,(H,25,27). The summed E-state index contributed by atoms with van der Waals surface area (Å²) in [5.41, 5.74) is 1.32. The Hall–Kier alpha value is -2.58. The molecule has 1 aliphatic heterocycles. The molecule has 32 heavy (non-hydrogen) atoms. The van der Waals surface area contributed by atoms with E-state index >= 15 is 0 Å². The van der Waals surface area contributed by atoms with Gasteiger partial charge >= 0.3 is 0 Å². The third kappa shape index (κ3) is 5.61. The zero-order chi connectivity index (χ0) is 23.3. The predicted octanol–water partition coefficient (Wildman–Crippen LogP) is 3.34. The fourth-order valence-corrected chi connectivity index (χ4v) is 5.93. The summed E-state index contributed by atoms with van der Waals surface area (Å²) in [4.78, 5) is 12.8. The number of carbonyl (C=O) groups excluding carboxylic acids is 1. The predicted molar refractivity (Wildman–Crippen MR) is 124 cm³/mol. The summed E-state index contributed by atoms with van der Waals surface area (Å²) in [6.07, 6.45) is 1.63. The Labute approximate surface area is 190 Å². The number of methoxy groups -OCH3 is 2. The fraction of sp³-hybridized carbons (Fsp3) is 0.458. The zero-order valence-corrected chi connectivity index (χ0v) is 19.9. The smallest absolute Gasteiger partial charge is 0.251 e. The van der Waals surface area contributed by atoms with Gasteiger partial charge in [-0.15, -0.1) is 0 Å². The van der Waals surface area contributed by atoms with Crippen LogP contribution in [0, 0.1) is 11.8 Å². The van der Waals surface area contributed by atoms with Gasteiger partial charge in [0, 0.05) is 25.2 Å². The Kier molecular flexibility index (Phi) is 7.79. The van der Waals surface area contributed by atoms with Crippen molar-refractivity contribution in [2.75, 3.05) is 33.9 Å². The van der Waals surface area contributed by atoms with Crippen molar-refractivity contribution in [1.29, 1.82) is 0 Å². The molecule has 7 nitrogen and oxygen atoms in total. The number of nitrogens with one attached hydrogen (secondary N) is 1. The zero-order valence-electron chi connectivity index (χ0n) is 19.1. The van der Waals surface area contributed by atoms with Crippen LogP contribution >= 0.6 is 0 Å². The molecule has 1 saturated heterocycles. The molecule has 2 aromatic carbocycles. The van der Waals surface area contributed by atoms with Crippen LogP contribution in [0.4, 0.5) is 0 Å². The minimum Gasteiger partial charge on any atom is -0.493 e. The molecule has 0 spiro atoms. The van der Waals surface area contributed by atoms with E-state index in [1.807, 2.05) is 18.2 Å². The Morgan fingerprint density at radius 3 is 2.38 bits per heavy atom.